The Morgan fingerprint density at radius 2 is 2.00 bits per heavy atom. The van der Waals surface area contributed by atoms with Gasteiger partial charge in [-0.2, -0.15) is 0 Å². The SMILES string of the molecule is O=C(NCCc1csc(C2CCCN(C(=O)C=Cc3ccccc3)C2)n1)C1CCC1. The normalized spacial score (nSPS) is 19.6. The number of amides is 2. The van der Waals surface area contributed by atoms with Crippen molar-refractivity contribution in [1.82, 2.24) is 15.2 Å². The highest BCUT2D eigenvalue weighted by molar-refractivity contribution is 7.09. The summed E-state index contributed by atoms with van der Waals surface area (Å²) in [6.07, 6.45) is 9.63. The van der Waals surface area contributed by atoms with Gasteiger partial charge in [-0.25, -0.2) is 4.98 Å². The van der Waals surface area contributed by atoms with Crippen molar-refractivity contribution in [3.05, 3.63) is 58.1 Å². The van der Waals surface area contributed by atoms with Crippen molar-refractivity contribution in [2.24, 2.45) is 5.92 Å². The van der Waals surface area contributed by atoms with Gasteiger partial charge in [0.05, 0.1) is 10.7 Å². The van der Waals surface area contributed by atoms with E-state index in [2.05, 4.69) is 10.7 Å². The summed E-state index contributed by atoms with van der Waals surface area (Å²) in [6.45, 7) is 2.18. The summed E-state index contributed by atoms with van der Waals surface area (Å²) in [7, 11) is 0. The summed E-state index contributed by atoms with van der Waals surface area (Å²) in [4.78, 5) is 31.3. The van der Waals surface area contributed by atoms with Gasteiger partial charge in [-0.05, 0) is 37.3 Å². The Morgan fingerprint density at radius 1 is 1.17 bits per heavy atom. The molecule has 1 aliphatic heterocycles. The van der Waals surface area contributed by atoms with Crippen molar-refractivity contribution in [2.45, 2.75) is 44.4 Å². The molecule has 1 aliphatic carbocycles. The first-order valence-electron chi connectivity index (χ1n) is 10.9. The van der Waals surface area contributed by atoms with Gasteiger partial charge < -0.3 is 10.2 Å². The first-order chi connectivity index (χ1) is 14.7. The molecule has 1 saturated carbocycles. The number of thiazole rings is 1. The van der Waals surface area contributed by atoms with E-state index in [0.717, 1.165) is 61.5 Å². The minimum Gasteiger partial charge on any atom is -0.355 e. The lowest BCUT2D eigenvalue weighted by molar-refractivity contribution is -0.128. The largest absolute Gasteiger partial charge is 0.355 e. The summed E-state index contributed by atoms with van der Waals surface area (Å²) >= 11 is 1.68. The first kappa shape index (κ1) is 20.8. The van der Waals surface area contributed by atoms with Gasteiger partial charge in [-0.15, -0.1) is 11.3 Å². The van der Waals surface area contributed by atoms with Crippen LogP contribution in [0.4, 0.5) is 0 Å². The van der Waals surface area contributed by atoms with Crippen molar-refractivity contribution in [3.63, 3.8) is 0 Å². The maximum Gasteiger partial charge on any atom is 0.246 e. The number of aromatic nitrogens is 1. The second-order valence-corrected chi connectivity index (χ2v) is 9.10. The predicted octanol–water partition coefficient (Wildman–Crippen LogP) is 4.02. The highest BCUT2D eigenvalue weighted by atomic mass is 32.1. The molecule has 158 valence electrons. The van der Waals surface area contributed by atoms with Crippen LogP contribution in [0.1, 0.15) is 54.3 Å². The van der Waals surface area contributed by atoms with E-state index in [1.165, 1.54) is 6.42 Å². The van der Waals surface area contributed by atoms with Gasteiger partial charge in [0.2, 0.25) is 11.8 Å². The molecule has 2 heterocycles. The molecule has 30 heavy (non-hydrogen) atoms. The third kappa shape index (κ3) is 5.36. The summed E-state index contributed by atoms with van der Waals surface area (Å²) in [6, 6.07) is 9.90. The number of hydrogen-bond acceptors (Lipinski definition) is 4. The smallest absolute Gasteiger partial charge is 0.246 e. The van der Waals surface area contributed by atoms with Crippen molar-refractivity contribution in [1.29, 1.82) is 0 Å². The third-order valence-corrected chi connectivity index (χ3v) is 7.08. The van der Waals surface area contributed by atoms with Crippen molar-refractivity contribution >= 4 is 29.2 Å². The van der Waals surface area contributed by atoms with Crippen LogP contribution in [0.3, 0.4) is 0 Å². The fraction of sp³-hybridized carbons (Fsp3) is 0.458. The monoisotopic (exact) mass is 423 g/mol. The molecule has 1 unspecified atom stereocenters. The Labute approximate surface area is 182 Å². The second-order valence-electron chi connectivity index (χ2n) is 8.21. The van der Waals surface area contributed by atoms with Crippen molar-refractivity contribution in [2.75, 3.05) is 19.6 Å². The van der Waals surface area contributed by atoms with Gasteiger partial charge in [-0.1, -0.05) is 36.8 Å². The molecule has 0 spiro atoms. The molecule has 1 aromatic heterocycles. The van der Waals surface area contributed by atoms with Gasteiger partial charge in [0, 0.05) is 49.3 Å². The highest BCUT2D eigenvalue weighted by Gasteiger charge is 2.26. The fourth-order valence-corrected chi connectivity index (χ4v) is 4.95. The molecular weight excluding hydrogens is 394 g/mol. The summed E-state index contributed by atoms with van der Waals surface area (Å²) in [5.74, 6) is 0.801. The molecule has 6 heteroatoms. The standard InChI is InChI=1S/C24H29N3O2S/c28-22(12-11-18-6-2-1-3-7-18)27-15-5-10-20(16-27)24-26-21(17-30-24)13-14-25-23(29)19-8-4-9-19/h1-3,6-7,11-12,17,19-20H,4-5,8-10,13-16H2,(H,25,29). The van der Waals surface area contributed by atoms with Gasteiger partial charge in [0.25, 0.3) is 0 Å². The topological polar surface area (TPSA) is 62.3 Å². The molecule has 0 bridgehead atoms. The Hall–Kier alpha value is -2.47. The molecule has 1 saturated heterocycles. The first-order valence-corrected chi connectivity index (χ1v) is 11.8. The number of likely N-dealkylation sites (tertiary alicyclic amines) is 1. The molecule has 2 aliphatic rings. The number of piperidine rings is 1. The van der Waals surface area contributed by atoms with Crippen LogP contribution in [0.5, 0.6) is 0 Å². The van der Waals surface area contributed by atoms with Crippen LogP contribution < -0.4 is 5.32 Å². The van der Waals surface area contributed by atoms with Gasteiger partial charge in [0.1, 0.15) is 0 Å². The van der Waals surface area contributed by atoms with Crippen LogP contribution in [0, 0.1) is 5.92 Å². The van der Waals surface area contributed by atoms with Crippen LogP contribution in [-0.2, 0) is 16.0 Å². The average Bonchev–Trinajstić information content (AvgIpc) is 3.20. The second kappa shape index (κ2) is 10.0. The highest BCUT2D eigenvalue weighted by Crippen LogP contribution is 2.30. The van der Waals surface area contributed by atoms with Gasteiger partial charge in [-0.3, -0.25) is 9.59 Å². The minimum atomic E-state index is 0.0686. The quantitative estimate of drug-likeness (QED) is 0.684. The van der Waals surface area contributed by atoms with E-state index in [-0.39, 0.29) is 17.7 Å². The van der Waals surface area contributed by atoms with E-state index in [1.807, 2.05) is 41.3 Å². The van der Waals surface area contributed by atoms with E-state index < -0.39 is 0 Å². The summed E-state index contributed by atoms with van der Waals surface area (Å²) in [5, 5.41) is 6.25. The fourth-order valence-electron chi connectivity index (χ4n) is 3.97. The van der Waals surface area contributed by atoms with Crippen LogP contribution >= 0.6 is 11.3 Å². The van der Waals surface area contributed by atoms with Gasteiger partial charge >= 0.3 is 0 Å². The predicted molar refractivity (Wildman–Crippen MR) is 120 cm³/mol. The number of hydrogen-bond donors (Lipinski definition) is 1. The van der Waals surface area contributed by atoms with Crippen LogP contribution in [0.25, 0.3) is 6.08 Å². The Kier molecular flexibility index (Phi) is 6.95. The Balaban J connectivity index is 1.27. The Morgan fingerprint density at radius 3 is 2.77 bits per heavy atom. The molecule has 1 N–H and O–H groups in total. The number of carbonyl (C=O) groups excluding carboxylic acids is 2. The summed E-state index contributed by atoms with van der Waals surface area (Å²) in [5.41, 5.74) is 2.07. The van der Waals surface area contributed by atoms with E-state index in [9.17, 15) is 9.59 Å². The molecule has 1 atom stereocenters. The molecule has 0 radical (unpaired) electrons. The lowest BCUT2D eigenvalue weighted by Crippen LogP contribution is -2.38. The van der Waals surface area contributed by atoms with Crippen LogP contribution in [-0.4, -0.2) is 41.3 Å². The number of nitrogens with one attached hydrogen (secondary N) is 1. The lowest BCUT2D eigenvalue weighted by Gasteiger charge is -2.31. The van der Waals surface area contributed by atoms with E-state index >= 15 is 0 Å². The maximum atomic E-state index is 12.6. The number of nitrogens with zero attached hydrogens (tertiary/aromatic N) is 2. The molecule has 5 nitrogen and oxygen atoms in total. The molecule has 2 aromatic rings. The lowest BCUT2D eigenvalue weighted by atomic mass is 9.85. The number of rotatable bonds is 7. The van der Waals surface area contributed by atoms with Crippen molar-refractivity contribution in [3.8, 4) is 0 Å². The average molecular weight is 424 g/mol. The zero-order chi connectivity index (χ0) is 20.8. The zero-order valence-electron chi connectivity index (χ0n) is 17.3. The maximum absolute atomic E-state index is 12.6. The zero-order valence-corrected chi connectivity index (χ0v) is 18.1. The van der Waals surface area contributed by atoms with Gasteiger partial charge in [0.15, 0.2) is 0 Å². The molecule has 1 aromatic carbocycles. The molecule has 2 fully saturated rings. The number of carbonyl (C=O) groups is 2. The third-order valence-electron chi connectivity index (χ3n) is 6.03. The Bertz CT molecular complexity index is 889. The van der Waals surface area contributed by atoms with E-state index in [0.29, 0.717) is 12.5 Å². The van der Waals surface area contributed by atoms with Crippen LogP contribution in [0.15, 0.2) is 41.8 Å². The summed E-state index contributed by atoms with van der Waals surface area (Å²) < 4.78 is 0. The van der Waals surface area contributed by atoms with Crippen molar-refractivity contribution < 1.29 is 9.59 Å². The van der Waals surface area contributed by atoms with Crippen LogP contribution in [0.2, 0.25) is 0 Å². The minimum absolute atomic E-state index is 0.0686. The molecular formula is C24H29N3O2S. The van der Waals surface area contributed by atoms with E-state index in [4.69, 9.17) is 4.98 Å². The molecule has 4 rings (SSSR count). The van der Waals surface area contributed by atoms with E-state index in [1.54, 1.807) is 17.4 Å². The molecule has 2 amide bonds. The number of benzene rings is 1.